The molecular formula is C16H26N4O. The summed E-state index contributed by atoms with van der Waals surface area (Å²) in [5.74, 6) is 2.43. The fourth-order valence-electron chi connectivity index (χ4n) is 4.28. The maximum absolute atomic E-state index is 5.58. The zero-order chi connectivity index (χ0) is 14.1. The molecule has 0 radical (unpaired) electrons. The van der Waals surface area contributed by atoms with Crippen LogP contribution in [0.1, 0.15) is 69.7 Å². The summed E-state index contributed by atoms with van der Waals surface area (Å²) in [7, 11) is 0. The van der Waals surface area contributed by atoms with Gasteiger partial charge in [-0.05, 0) is 43.2 Å². The Morgan fingerprint density at radius 1 is 1.00 bits per heavy atom. The van der Waals surface area contributed by atoms with Gasteiger partial charge in [0.25, 0.3) is 5.95 Å². The number of hydrogen-bond acceptors (Lipinski definition) is 5. The van der Waals surface area contributed by atoms with Crippen LogP contribution in [0.15, 0.2) is 4.52 Å². The summed E-state index contributed by atoms with van der Waals surface area (Å²) in [6.45, 7) is 2.14. The first-order valence-corrected chi connectivity index (χ1v) is 8.75. The number of nitrogens with zero attached hydrogens (tertiary/aromatic N) is 3. The number of aromatic nitrogens is 2. The van der Waals surface area contributed by atoms with Gasteiger partial charge < -0.3 is 14.7 Å². The highest BCUT2D eigenvalue weighted by Crippen LogP contribution is 2.38. The highest BCUT2D eigenvalue weighted by atomic mass is 16.5. The van der Waals surface area contributed by atoms with E-state index >= 15 is 0 Å². The van der Waals surface area contributed by atoms with E-state index in [1.54, 1.807) is 0 Å². The lowest BCUT2D eigenvalue weighted by Gasteiger charge is -2.24. The summed E-state index contributed by atoms with van der Waals surface area (Å²) in [5, 5.41) is 7.97. The topological polar surface area (TPSA) is 54.2 Å². The van der Waals surface area contributed by atoms with E-state index in [9.17, 15) is 0 Å². The number of anilines is 1. The Morgan fingerprint density at radius 2 is 1.81 bits per heavy atom. The van der Waals surface area contributed by atoms with Crippen molar-refractivity contribution in [3.05, 3.63) is 5.89 Å². The number of fused-ring (bicyclic) bond motifs is 1. The third-order valence-corrected chi connectivity index (χ3v) is 5.48. The van der Waals surface area contributed by atoms with Crippen molar-refractivity contribution in [3.8, 4) is 0 Å². The van der Waals surface area contributed by atoms with Crippen molar-refractivity contribution in [2.75, 3.05) is 18.0 Å². The maximum atomic E-state index is 5.58. The summed E-state index contributed by atoms with van der Waals surface area (Å²) >= 11 is 0. The predicted molar refractivity (Wildman–Crippen MR) is 81.2 cm³/mol. The van der Waals surface area contributed by atoms with Gasteiger partial charge in [-0.25, -0.2) is 0 Å². The molecule has 4 rings (SSSR count). The van der Waals surface area contributed by atoms with Gasteiger partial charge in [-0.1, -0.05) is 25.7 Å². The summed E-state index contributed by atoms with van der Waals surface area (Å²) in [4.78, 5) is 6.99. The molecule has 1 N–H and O–H groups in total. The summed E-state index contributed by atoms with van der Waals surface area (Å²) in [6, 6.07) is 0.962. The first-order chi connectivity index (χ1) is 10.4. The zero-order valence-corrected chi connectivity index (χ0v) is 12.8. The molecule has 2 saturated heterocycles. The lowest BCUT2D eigenvalue weighted by atomic mass is 9.85. The van der Waals surface area contributed by atoms with Crippen molar-refractivity contribution in [1.29, 1.82) is 0 Å². The van der Waals surface area contributed by atoms with E-state index in [0.717, 1.165) is 30.8 Å². The van der Waals surface area contributed by atoms with Crippen LogP contribution in [0.3, 0.4) is 0 Å². The van der Waals surface area contributed by atoms with E-state index in [2.05, 4.69) is 15.4 Å². The van der Waals surface area contributed by atoms with E-state index in [4.69, 9.17) is 9.51 Å². The molecular weight excluding hydrogens is 264 g/mol. The standard InChI is InChI=1S/C16H26N4O/c1-2-6-10-20(9-5-1)16-18-15(21-19-16)14-11-12-7-3-4-8-13(12)17-14/h12-14,17H,1-11H2. The molecule has 3 fully saturated rings. The number of nitrogens with one attached hydrogen (secondary N) is 1. The minimum atomic E-state index is 0.284. The Bertz CT molecular complexity index is 453. The molecule has 1 aromatic heterocycles. The molecule has 5 heteroatoms. The maximum Gasteiger partial charge on any atom is 0.266 e. The van der Waals surface area contributed by atoms with Gasteiger partial charge in [0, 0.05) is 19.1 Å². The Labute approximate surface area is 126 Å². The van der Waals surface area contributed by atoms with Gasteiger partial charge in [0.2, 0.25) is 5.89 Å². The molecule has 0 aromatic carbocycles. The van der Waals surface area contributed by atoms with Crippen LogP contribution < -0.4 is 10.2 Å². The van der Waals surface area contributed by atoms with E-state index in [1.165, 1.54) is 57.8 Å². The first kappa shape index (κ1) is 13.6. The van der Waals surface area contributed by atoms with Crippen molar-refractivity contribution in [3.63, 3.8) is 0 Å². The zero-order valence-electron chi connectivity index (χ0n) is 12.8. The molecule has 116 valence electrons. The van der Waals surface area contributed by atoms with Crippen LogP contribution in [0, 0.1) is 5.92 Å². The van der Waals surface area contributed by atoms with Crippen molar-refractivity contribution < 1.29 is 4.52 Å². The van der Waals surface area contributed by atoms with Crippen LogP contribution in [-0.4, -0.2) is 29.3 Å². The fraction of sp³-hybridized carbons (Fsp3) is 0.875. The lowest BCUT2D eigenvalue weighted by molar-refractivity contribution is 0.324. The minimum Gasteiger partial charge on any atom is -0.338 e. The number of rotatable bonds is 2. The van der Waals surface area contributed by atoms with Gasteiger partial charge in [0.1, 0.15) is 0 Å². The van der Waals surface area contributed by atoms with Crippen molar-refractivity contribution in [1.82, 2.24) is 15.5 Å². The van der Waals surface area contributed by atoms with E-state index in [1.807, 2.05) is 0 Å². The molecule has 2 aliphatic heterocycles. The molecule has 1 aromatic rings. The molecule has 0 bridgehead atoms. The second-order valence-corrected chi connectivity index (χ2v) is 6.94. The quantitative estimate of drug-likeness (QED) is 0.907. The van der Waals surface area contributed by atoms with Gasteiger partial charge >= 0.3 is 0 Å². The van der Waals surface area contributed by atoms with Gasteiger partial charge in [-0.3, -0.25) is 0 Å². The molecule has 3 atom stereocenters. The Balaban J connectivity index is 1.44. The van der Waals surface area contributed by atoms with Crippen molar-refractivity contribution in [2.24, 2.45) is 5.92 Å². The van der Waals surface area contributed by atoms with Crippen molar-refractivity contribution in [2.45, 2.75) is 69.9 Å². The second kappa shape index (κ2) is 5.95. The van der Waals surface area contributed by atoms with Crippen LogP contribution in [0.5, 0.6) is 0 Å². The lowest BCUT2D eigenvalue weighted by Crippen LogP contribution is -2.30. The Hall–Kier alpha value is -1.10. The molecule has 21 heavy (non-hydrogen) atoms. The summed E-state index contributed by atoms with van der Waals surface area (Å²) in [6.07, 6.45) is 11.7. The Morgan fingerprint density at radius 3 is 2.62 bits per heavy atom. The van der Waals surface area contributed by atoms with Crippen molar-refractivity contribution >= 4 is 5.95 Å². The molecule has 1 aliphatic carbocycles. The van der Waals surface area contributed by atoms with E-state index in [-0.39, 0.29) is 6.04 Å². The van der Waals surface area contributed by atoms with Gasteiger partial charge in [0.15, 0.2) is 0 Å². The Kier molecular flexibility index (Phi) is 3.84. The SMILES string of the molecule is C1CCCN(c2noc(C3CC4CCCCC4N3)n2)CC1. The molecule has 3 heterocycles. The van der Waals surface area contributed by atoms with Gasteiger partial charge in [0.05, 0.1) is 6.04 Å². The molecule has 3 unspecified atom stereocenters. The fourth-order valence-corrected chi connectivity index (χ4v) is 4.28. The van der Waals surface area contributed by atoms with Gasteiger partial charge in [-0.15, -0.1) is 0 Å². The van der Waals surface area contributed by atoms with Crippen LogP contribution in [0.4, 0.5) is 5.95 Å². The van der Waals surface area contributed by atoms with Crippen LogP contribution in [-0.2, 0) is 0 Å². The van der Waals surface area contributed by atoms with Crippen LogP contribution in [0.25, 0.3) is 0 Å². The number of hydrogen-bond donors (Lipinski definition) is 1. The molecule has 0 amide bonds. The van der Waals surface area contributed by atoms with E-state index < -0.39 is 0 Å². The predicted octanol–water partition coefficient (Wildman–Crippen LogP) is 3.04. The first-order valence-electron chi connectivity index (χ1n) is 8.75. The highest BCUT2D eigenvalue weighted by Gasteiger charge is 2.38. The molecule has 5 nitrogen and oxygen atoms in total. The largest absolute Gasteiger partial charge is 0.338 e. The van der Waals surface area contributed by atoms with E-state index in [0.29, 0.717) is 6.04 Å². The summed E-state index contributed by atoms with van der Waals surface area (Å²) < 4.78 is 5.58. The molecule has 0 spiro atoms. The van der Waals surface area contributed by atoms with Crippen LogP contribution >= 0.6 is 0 Å². The third kappa shape index (κ3) is 2.80. The minimum absolute atomic E-state index is 0.284. The van der Waals surface area contributed by atoms with Crippen LogP contribution in [0.2, 0.25) is 0 Å². The molecule has 3 aliphatic rings. The second-order valence-electron chi connectivity index (χ2n) is 6.94. The normalized spacial score (nSPS) is 33.7. The average Bonchev–Trinajstić information content (AvgIpc) is 3.07. The summed E-state index contributed by atoms with van der Waals surface area (Å²) in [5.41, 5.74) is 0. The average molecular weight is 290 g/mol. The smallest absolute Gasteiger partial charge is 0.266 e. The van der Waals surface area contributed by atoms with Gasteiger partial charge in [-0.2, -0.15) is 4.98 Å². The molecule has 1 saturated carbocycles. The monoisotopic (exact) mass is 290 g/mol. The third-order valence-electron chi connectivity index (χ3n) is 5.48. The highest BCUT2D eigenvalue weighted by molar-refractivity contribution is 5.28.